The van der Waals surface area contributed by atoms with Gasteiger partial charge in [-0.2, -0.15) is 0 Å². The number of benzene rings is 2. The maximum Gasteiger partial charge on any atom is 0.333 e. The standard InChI is InChI=1S/C34H41NO3/c1-23(2)31(36)35(30-6-4-5-26-21-27(32(37)38-3)11-14-29(26)30)22-33-15-18-34(19-16-33,20-17-33)28-12-9-25(10-13-28)24-7-8-24/h4-6,9-10,12-13,21,23-24H,7-8,11,14-20,22H2,1-3H3. The quantitative estimate of drug-likeness (QED) is 0.365. The minimum atomic E-state index is -0.259. The van der Waals surface area contributed by atoms with Crippen molar-refractivity contribution in [3.63, 3.8) is 0 Å². The summed E-state index contributed by atoms with van der Waals surface area (Å²) in [6, 6.07) is 15.8. The number of hydrogen-bond donors (Lipinski definition) is 0. The molecular weight excluding hydrogens is 470 g/mol. The molecule has 5 aliphatic rings. The lowest BCUT2D eigenvalue weighted by atomic mass is 9.51. The van der Waals surface area contributed by atoms with Gasteiger partial charge in [0.1, 0.15) is 0 Å². The Morgan fingerprint density at radius 2 is 1.63 bits per heavy atom. The van der Waals surface area contributed by atoms with Crippen molar-refractivity contribution in [3.8, 4) is 0 Å². The second-order valence-corrected chi connectivity index (χ2v) is 12.8. The molecule has 7 rings (SSSR count). The van der Waals surface area contributed by atoms with E-state index in [4.69, 9.17) is 4.74 Å². The summed E-state index contributed by atoms with van der Waals surface area (Å²) in [5.74, 6) is 0.685. The van der Waals surface area contributed by atoms with Crippen LogP contribution in [0.4, 0.5) is 5.69 Å². The summed E-state index contributed by atoms with van der Waals surface area (Å²) in [5, 5.41) is 0. The van der Waals surface area contributed by atoms with E-state index in [0.717, 1.165) is 30.1 Å². The van der Waals surface area contributed by atoms with E-state index in [1.165, 1.54) is 75.2 Å². The van der Waals surface area contributed by atoms with Crippen molar-refractivity contribution in [1.82, 2.24) is 0 Å². The second-order valence-electron chi connectivity index (χ2n) is 12.8. The predicted octanol–water partition coefficient (Wildman–Crippen LogP) is 7.35. The third-order valence-electron chi connectivity index (χ3n) is 10.1. The van der Waals surface area contributed by atoms with Gasteiger partial charge < -0.3 is 9.64 Å². The van der Waals surface area contributed by atoms with Gasteiger partial charge in [-0.3, -0.25) is 4.79 Å². The summed E-state index contributed by atoms with van der Waals surface area (Å²) < 4.78 is 4.97. The van der Waals surface area contributed by atoms with Crippen LogP contribution >= 0.6 is 0 Å². The number of ether oxygens (including phenoxy) is 1. The van der Waals surface area contributed by atoms with Crippen LogP contribution in [0.3, 0.4) is 0 Å². The molecule has 0 radical (unpaired) electrons. The molecule has 2 aromatic rings. The number of nitrogens with zero attached hydrogens (tertiary/aromatic N) is 1. The molecule has 5 aliphatic carbocycles. The van der Waals surface area contributed by atoms with Crippen molar-refractivity contribution in [1.29, 1.82) is 0 Å². The highest BCUT2D eigenvalue weighted by atomic mass is 16.5. The van der Waals surface area contributed by atoms with Gasteiger partial charge in [-0.1, -0.05) is 50.2 Å². The maximum absolute atomic E-state index is 13.7. The maximum atomic E-state index is 13.7. The lowest BCUT2D eigenvalue weighted by molar-refractivity contribution is -0.136. The van der Waals surface area contributed by atoms with Crippen LogP contribution in [0, 0.1) is 11.3 Å². The van der Waals surface area contributed by atoms with Crippen LogP contribution in [0.2, 0.25) is 0 Å². The Morgan fingerprint density at radius 3 is 2.24 bits per heavy atom. The topological polar surface area (TPSA) is 46.6 Å². The second kappa shape index (κ2) is 9.70. The minimum Gasteiger partial charge on any atom is -0.466 e. The largest absolute Gasteiger partial charge is 0.466 e. The van der Waals surface area contributed by atoms with E-state index >= 15 is 0 Å². The number of hydrogen-bond acceptors (Lipinski definition) is 3. The SMILES string of the molecule is COC(=O)C1=Cc2cccc(N(CC34CCC(c5ccc(C6CC6)cc5)(CC3)CC4)C(=O)C(C)C)c2CC1. The van der Waals surface area contributed by atoms with Gasteiger partial charge in [0.25, 0.3) is 0 Å². The average Bonchev–Trinajstić information content (AvgIpc) is 3.81. The summed E-state index contributed by atoms with van der Waals surface area (Å²) in [5.41, 5.74) is 7.52. The molecule has 4 nitrogen and oxygen atoms in total. The van der Waals surface area contributed by atoms with Gasteiger partial charge in [0.15, 0.2) is 0 Å². The summed E-state index contributed by atoms with van der Waals surface area (Å²) in [4.78, 5) is 28.0. The zero-order chi connectivity index (χ0) is 26.5. The minimum absolute atomic E-state index is 0.0664. The zero-order valence-corrected chi connectivity index (χ0v) is 23.2. The monoisotopic (exact) mass is 511 g/mol. The molecule has 2 bridgehead atoms. The first-order chi connectivity index (χ1) is 18.3. The molecule has 38 heavy (non-hydrogen) atoms. The van der Waals surface area contributed by atoms with Crippen LogP contribution in [0.25, 0.3) is 6.08 Å². The van der Waals surface area contributed by atoms with Gasteiger partial charge in [0, 0.05) is 23.7 Å². The summed E-state index contributed by atoms with van der Waals surface area (Å²) >= 11 is 0. The van der Waals surface area contributed by atoms with Crippen LogP contribution in [-0.4, -0.2) is 25.5 Å². The van der Waals surface area contributed by atoms with E-state index < -0.39 is 0 Å². The van der Waals surface area contributed by atoms with Gasteiger partial charge in [0.2, 0.25) is 5.91 Å². The Hall–Kier alpha value is -2.88. The number of rotatable bonds is 7. The van der Waals surface area contributed by atoms with Crippen molar-refractivity contribution in [2.24, 2.45) is 11.3 Å². The normalized spacial score (nSPS) is 26.1. The average molecular weight is 512 g/mol. The van der Waals surface area contributed by atoms with Crippen molar-refractivity contribution in [2.45, 2.75) is 89.4 Å². The Kier molecular flexibility index (Phi) is 6.48. The highest BCUT2D eigenvalue weighted by Crippen LogP contribution is 2.58. The highest BCUT2D eigenvalue weighted by molar-refractivity contribution is 5.98. The van der Waals surface area contributed by atoms with Crippen molar-refractivity contribution < 1.29 is 14.3 Å². The Morgan fingerprint density at radius 1 is 0.947 bits per heavy atom. The first kappa shape index (κ1) is 25.4. The van der Waals surface area contributed by atoms with Crippen molar-refractivity contribution >= 4 is 23.6 Å². The molecule has 0 heterocycles. The predicted molar refractivity (Wildman–Crippen MR) is 152 cm³/mol. The Labute approximate surface area is 227 Å². The zero-order valence-electron chi connectivity index (χ0n) is 23.2. The molecule has 2 aromatic carbocycles. The molecule has 4 fully saturated rings. The van der Waals surface area contributed by atoms with Gasteiger partial charge in [0.05, 0.1) is 7.11 Å². The van der Waals surface area contributed by atoms with E-state index in [2.05, 4.69) is 41.3 Å². The fraction of sp³-hybridized carbons (Fsp3) is 0.529. The molecule has 0 spiro atoms. The summed E-state index contributed by atoms with van der Waals surface area (Å²) in [6.07, 6.45) is 13.3. The van der Waals surface area contributed by atoms with Crippen LogP contribution in [0.1, 0.15) is 99.8 Å². The van der Waals surface area contributed by atoms with E-state index in [-0.39, 0.29) is 23.2 Å². The number of fused-ring (bicyclic) bond motifs is 4. The number of carbonyl (C=O) groups excluding carboxylic acids is 2. The van der Waals surface area contributed by atoms with Crippen LogP contribution in [0.5, 0.6) is 0 Å². The van der Waals surface area contributed by atoms with E-state index in [0.29, 0.717) is 17.4 Å². The van der Waals surface area contributed by atoms with Crippen LogP contribution in [-0.2, 0) is 26.2 Å². The van der Waals surface area contributed by atoms with Crippen molar-refractivity contribution in [3.05, 3.63) is 70.3 Å². The molecule has 200 valence electrons. The molecule has 4 saturated carbocycles. The Bertz CT molecular complexity index is 1240. The third-order valence-corrected chi connectivity index (χ3v) is 10.1. The summed E-state index contributed by atoms with van der Waals surface area (Å²) in [7, 11) is 1.43. The number of amides is 1. The van der Waals surface area contributed by atoms with E-state index in [9.17, 15) is 9.59 Å². The molecule has 0 unspecified atom stereocenters. The molecule has 0 atom stereocenters. The molecule has 0 aromatic heterocycles. The molecule has 0 N–H and O–H groups in total. The lowest BCUT2D eigenvalue weighted by Crippen LogP contribution is -2.51. The molecule has 1 amide bonds. The fourth-order valence-electron chi connectivity index (χ4n) is 7.45. The smallest absolute Gasteiger partial charge is 0.333 e. The van der Waals surface area contributed by atoms with E-state index in [1.807, 2.05) is 26.0 Å². The molecule has 0 aliphatic heterocycles. The molecule has 0 saturated heterocycles. The number of carbonyl (C=O) groups is 2. The Balaban J connectivity index is 1.25. The fourth-order valence-corrected chi connectivity index (χ4v) is 7.45. The number of methoxy groups -OCH3 is 1. The number of esters is 1. The third kappa shape index (κ3) is 4.50. The van der Waals surface area contributed by atoms with Gasteiger partial charge in [-0.15, -0.1) is 0 Å². The van der Waals surface area contributed by atoms with Crippen molar-refractivity contribution in [2.75, 3.05) is 18.6 Å². The van der Waals surface area contributed by atoms with Gasteiger partial charge >= 0.3 is 5.97 Å². The van der Waals surface area contributed by atoms with E-state index in [1.54, 1.807) is 0 Å². The van der Waals surface area contributed by atoms with Crippen LogP contribution in [0.15, 0.2) is 48.0 Å². The number of anilines is 1. The summed E-state index contributed by atoms with van der Waals surface area (Å²) in [6.45, 7) is 4.82. The first-order valence-corrected chi connectivity index (χ1v) is 14.7. The molecular formula is C34H41NO3. The highest BCUT2D eigenvalue weighted by Gasteiger charge is 2.50. The van der Waals surface area contributed by atoms with Gasteiger partial charge in [-0.05, 0) is 115 Å². The molecule has 4 heteroatoms. The van der Waals surface area contributed by atoms with Gasteiger partial charge in [-0.25, -0.2) is 4.79 Å². The lowest BCUT2D eigenvalue weighted by Gasteiger charge is -2.55. The van der Waals surface area contributed by atoms with Crippen LogP contribution < -0.4 is 4.90 Å². The first-order valence-electron chi connectivity index (χ1n) is 14.7.